The molecule has 1 atom stereocenters. The molecule has 0 aliphatic carbocycles. The molecule has 0 aromatic heterocycles. The van der Waals surface area contributed by atoms with Crippen LogP contribution >= 0.6 is 0 Å². The maximum Gasteiger partial charge on any atom is 0.226 e. The van der Waals surface area contributed by atoms with Crippen molar-refractivity contribution in [2.24, 2.45) is 5.16 Å². The van der Waals surface area contributed by atoms with Crippen LogP contribution in [-0.4, -0.2) is 35.7 Å². The van der Waals surface area contributed by atoms with Crippen LogP contribution in [0.25, 0.3) is 0 Å². The fourth-order valence-electron chi connectivity index (χ4n) is 2.95. The van der Waals surface area contributed by atoms with Crippen molar-refractivity contribution >= 4 is 11.6 Å². The first-order valence-corrected chi connectivity index (χ1v) is 7.90. The Hall–Kier alpha value is -1.91. The third-order valence-corrected chi connectivity index (χ3v) is 4.35. The predicted molar refractivity (Wildman–Crippen MR) is 82.2 cm³/mol. The molecule has 2 heterocycles. The van der Waals surface area contributed by atoms with Crippen molar-refractivity contribution in [3.05, 3.63) is 35.1 Å². The molecule has 22 heavy (non-hydrogen) atoms. The summed E-state index contributed by atoms with van der Waals surface area (Å²) in [5, 5.41) is 4.04. The molecule has 0 bridgehead atoms. The first-order valence-electron chi connectivity index (χ1n) is 7.90. The summed E-state index contributed by atoms with van der Waals surface area (Å²) < 4.78 is 13.6. The van der Waals surface area contributed by atoms with Gasteiger partial charge in [-0.1, -0.05) is 17.3 Å². The van der Waals surface area contributed by atoms with E-state index in [-0.39, 0.29) is 17.8 Å². The Morgan fingerprint density at radius 2 is 2.14 bits per heavy atom. The van der Waals surface area contributed by atoms with Gasteiger partial charge in [0.05, 0.1) is 12.1 Å². The Bertz CT molecular complexity index is 594. The molecule has 1 aromatic carbocycles. The quantitative estimate of drug-likeness (QED) is 0.861. The SMILES string of the molecule is Cc1ccc(C2=NOC(CC(=O)N3CCCCC3)C2)cc1F. The van der Waals surface area contributed by atoms with E-state index in [1.54, 1.807) is 13.0 Å². The first kappa shape index (κ1) is 15.0. The number of rotatable bonds is 3. The highest BCUT2D eigenvalue weighted by Crippen LogP contribution is 2.22. The van der Waals surface area contributed by atoms with Crippen LogP contribution in [0.5, 0.6) is 0 Å². The highest BCUT2D eigenvalue weighted by molar-refractivity contribution is 6.01. The number of piperidine rings is 1. The third-order valence-electron chi connectivity index (χ3n) is 4.35. The molecule has 1 fully saturated rings. The first-order chi connectivity index (χ1) is 10.6. The van der Waals surface area contributed by atoms with Gasteiger partial charge in [-0.15, -0.1) is 0 Å². The number of hydrogen-bond donors (Lipinski definition) is 0. The van der Waals surface area contributed by atoms with Crippen LogP contribution in [0.3, 0.4) is 0 Å². The molecule has 2 aliphatic rings. The smallest absolute Gasteiger partial charge is 0.226 e. The zero-order valence-corrected chi connectivity index (χ0v) is 12.8. The van der Waals surface area contributed by atoms with Gasteiger partial charge in [-0.3, -0.25) is 4.79 Å². The van der Waals surface area contributed by atoms with Crippen LogP contribution in [0.2, 0.25) is 0 Å². The molecule has 1 aromatic rings. The van der Waals surface area contributed by atoms with E-state index in [4.69, 9.17) is 4.84 Å². The lowest BCUT2D eigenvalue weighted by molar-refractivity contribution is -0.134. The summed E-state index contributed by atoms with van der Waals surface area (Å²) in [6.07, 6.45) is 4.05. The van der Waals surface area contributed by atoms with Crippen molar-refractivity contribution in [3.8, 4) is 0 Å². The van der Waals surface area contributed by atoms with E-state index in [9.17, 15) is 9.18 Å². The molecule has 1 unspecified atom stereocenters. The lowest BCUT2D eigenvalue weighted by Crippen LogP contribution is -2.37. The van der Waals surface area contributed by atoms with Gasteiger partial charge in [0.15, 0.2) is 0 Å². The number of oxime groups is 1. The minimum absolute atomic E-state index is 0.135. The number of carbonyl (C=O) groups is 1. The van der Waals surface area contributed by atoms with Gasteiger partial charge in [-0.05, 0) is 37.8 Å². The van der Waals surface area contributed by atoms with E-state index < -0.39 is 0 Å². The summed E-state index contributed by atoms with van der Waals surface area (Å²) in [4.78, 5) is 19.5. The minimum atomic E-state index is -0.243. The van der Waals surface area contributed by atoms with Crippen LogP contribution in [0.4, 0.5) is 4.39 Å². The number of likely N-dealkylation sites (tertiary alicyclic amines) is 1. The van der Waals surface area contributed by atoms with Gasteiger partial charge in [-0.2, -0.15) is 0 Å². The Balaban J connectivity index is 1.57. The van der Waals surface area contributed by atoms with E-state index in [1.165, 1.54) is 12.5 Å². The van der Waals surface area contributed by atoms with Crippen molar-refractivity contribution < 1.29 is 14.0 Å². The van der Waals surface area contributed by atoms with Crippen molar-refractivity contribution in [1.29, 1.82) is 0 Å². The van der Waals surface area contributed by atoms with Crippen molar-refractivity contribution in [3.63, 3.8) is 0 Å². The van der Waals surface area contributed by atoms with E-state index >= 15 is 0 Å². The number of aryl methyl sites for hydroxylation is 1. The molecule has 0 spiro atoms. The van der Waals surface area contributed by atoms with Crippen LogP contribution in [0.1, 0.15) is 43.2 Å². The second kappa shape index (κ2) is 6.46. The molecule has 4 nitrogen and oxygen atoms in total. The zero-order valence-electron chi connectivity index (χ0n) is 12.8. The van der Waals surface area contributed by atoms with Gasteiger partial charge in [0.1, 0.15) is 11.9 Å². The molecule has 0 saturated carbocycles. The Morgan fingerprint density at radius 1 is 1.36 bits per heavy atom. The third kappa shape index (κ3) is 3.29. The maximum atomic E-state index is 13.6. The summed E-state index contributed by atoms with van der Waals surface area (Å²) in [5.41, 5.74) is 2.06. The van der Waals surface area contributed by atoms with E-state index in [1.807, 2.05) is 11.0 Å². The standard InChI is InChI=1S/C17H21FN2O2/c1-12-5-6-13(9-15(12)18)16-10-14(22-19-16)11-17(21)20-7-3-2-4-8-20/h5-6,9,14H,2-4,7-8,10-11H2,1H3. The number of halogens is 1. The number of carbonyl (C=O) groups excluding carboxylic acids is 1. The average molecular weight is 304 g/mol. The van der Waals surface area contributed by atoms with Crippen LogP contribution in [-0.2, 0) is 9.63 Å². The highest BCUT2D eigenvalue weighted by Gasteiger charge is 2.27. The number of nitrogens with zero attached hydrogens (tertiary/aromatic N) is 2. The minimum Gasteiger partial charge on any atom is -0.391 e. The Morgan fingerprint density at radius 3 is 2.86 bits per heavy atom. The number of benzene rings is 1. The molecule has 3 rings (SSSR count). The summed E-state index contributed by atoms with van der Waals surface area (Å²) >= 11 is 0. The molecule has 5 heteroatoms. The van der Waals surface area contributed by atoms with Crippen LogP contribution < -0.4 is 0 Å². The lowest BCUT2D eigenvalue weighted by atomic mass is 10.0. The second-order valence-electron chi connectivity index (χ2n) is 6.08. The largest absolute Gasteiger partial charge is 0.391 e. The van der Waals surface area contributed by atoms with Gasteiger partial charge in [-0.25, -0.2) is 4.39 Å². The highest BCUT2D eigenvalue weighted by atomic mass is 19.1. The molecular weight excluding hydrogens is 283 g/mol. The van der Waals surface area contributed by atoms with Gasteiger partial charge in [0.25, 0.3) is 0 Å². The van der Waals surface area contributed by atoms with Crippen LogP contribution in [0, 0.1) is 12.7 Å². The molecule has 0 N–H and O–H groups in total. The summed E-state index contributed by atoms with van der Waals surface area (Å²) in [6, 6.07) is 5.06. The van der Waals surface area contributed by atoms with Crippen molar-refractivity contribution in [2.45, 2.75) is 45.1 Å². The van der Waals surface area contributed by atoms with Gasteiger partial charge < -0.3 is 9.74 Å². The van der Waals surface area contributed by atoms with E-state index in [0.29, 0.717) is 18.4 Å². The zero-order chi connectivity index (χ0) is 15.5. The second-order valence-corrected chi connectivity index (χ2v) is 6.08. The van der Waals surface area contributed by atoms with Crippen molar-refractivity contribution in [1.82, 2.24) is 4.90 Å². The summed E-state index contributed by atoms with van der Waals surface area (Å²) in [5.74, 6) is -0.107. The van der Waals surface area contributed by atoms with Gasteiger partial charge >= 0.3 is 0 Å². The average Bonchev–Trinajstić information content (AvgIpc) is 2.99. The molecule has 2 aliphatic heterocycles. The molecule has 118 valence electrons. The summed E-state index contributed by atoms with van der Waals surface area (Å²) in [6.45, 7) is 3.43. The fourth-order valence-corrected chi connectivity index (χ4v) is 2.95. The Kier molecular flexibility index (Phi) is 4.41. The number of hydrogen-bond acceptors (Lipinski definition) is 3. The Labute approximate surface area is 129 Å². The molecule has 1 saturated heterocycles. The summed E-state index contributed by atoms with van der Waals surface area (Å²) in [7, 11) is 0. The normalized spacial score (nSPS) is 21.5. The van der Waals surface area contributed by atoms with Gasteiger partial charge in [0.2, 0.25) is 5.91 Å². The maximum absolute atomic E-state index is 13.6. The molecular formula is C17H21FN2O2. The lowest BCUT2D eigenvalue weighted by Gasteiger charge is -2.27. The molecule has 0 radical (unpaired) electrons. The molecule has 1 amide bonds. The monoisotopic (exact) mass is 304 g/mol. The van der Waals surface area contributed by atoms with Gasteiger partial charge in [0, 0.05) is 25.1 Å². The fraction of sp³-hybridized carbons (Fsp3) is 0.529. The van der Waals surface area contributed by atoms with E-state index in [2.05, 4.69) is 5.16 Å². The van der Waals surface area contributed by atoms with Crippen molar-refractivity contribution in [2.75, 3.05) is 13.1 Å². The van der Waals surface area contributed by atoms with E-state index in [0.717, 1.165) is 37.2 Å². The predicted octanol–water partition coefficient (Wildman–Crippen LogP) is 3.03. The number of amides is 1. The topological polar surface area (TPSA) is 41.9 Å². The van der Waals surface area contributed by atoms with Crippen LogP contribution in [0.15, 0.2) is 23.4 Å².